The fraction of sp³-hybridized carbons (Fsp3) is 0.214. The molecule has 2 heterocycles. The highest BCUT2D eigenvalue weighted by atomic mass is 16.7. The van der Waals surface area contributed by atoms with Crippen molar-refractivity contribution in [1.82, 2.24) is 5.16 Å². The van der Waals surface area contributed by atoms with E-state index in [9.17, 15) is 9.59 Å². The first kappa shape index (κ1) is 13.2. The van der Waals surface area contributed by atoms with E-state index in [0.717, 1.165) is 0 Å². The van der Waals surface area contributed by atoms with Crippen LogP contribution in [-0.2, 0) is 0 Å². The summed E-state index contributed by atoms with van der Waals surface area (Å²) in [4.78, 5) is 23.8. The summed E-state index contributed by atoms with van der Waals surface area (Å²) >= 11 is 0. The number of aromatic nitrogens is 1. The number of ketones is 1. The van der Waals surface area contributed by atoms with E-state index in [-0.39, 0.29) is 18.3 Å². The van der Waals surface area contributed by atoms with Crippen molar-refractivity contribution in [2.45, 2.75) is 13.8 Å². The Morgan fingerprint density at radius 3 is 2.52 bits per heavy atom. The Labute approximate surface area is 119 Å². The highest BCUT2D eigenvalue weighted by Crippen LogP contribution is 2.37. The number of fused-ring (bicyclic) bond motifs is 1. The number of anilines is 1. The van der Waals surface area contributed by atoms with E-state index >= 15 is 0 Å². The van der Waals surface area contributed by atoms with Gasteiger partial charge in [0.1, 0.15) is 0 Å². The maximum atomic E-state index is 12.1. The largest absolute Gasteiger partial charge is 0.454 e. The Balaban J connectivity index is 1.94. The minimum Gasteiger partial charge on any atom is -0.454 e. The van der Waals surface area contributed by atoms with Crippen LogP contribution >= 0.6 is 0 Å². The van der Waals surface area contributed by atoms with Crippen molar-refractivity contribution in [1.29, 1.82) is 0 Å². The molecule has 7 nitrogen and oxygen atoms in total. The van der Waals surface area contributed by atoms with Gasteiger partial charge in [0, 0.05) is 17.7 Å². The molecule has 0 saturated carbocycles. The molecule has 1 aliphatic rings. The lowest BCUT2D eigenvalue weighted by atomic mass is 10.1. The molecule has 0 spiro atoms. The van der Waals surface area contributed by atoms with Crippen LogP contribution in [0.1, 0.15) is 33.5 Å². The molecule has 108 valence electrons. The van der Waals surface area contributed by atoms with Gasteiger partial charge in [-0.15, -0.1) is 0 Å². The van der Waals surface area contributed by atoms with E-state index in [1.165, 1.54) is 13.0 Å². The summed E-state index contributed by atoms with van der Waals surface area (Å²) in [6.45, 7) is 3.21. The summed E-state index contributed by atoms with van der Waals surface area (Å²) in [6.07, 6.45) is 0. The van der Waals surface area contributed by atoms with Crippen LogP contribution in [0.25, 0.3) is 0 Å². The Hall–Kier alpha value is -2.83. The van der Waals surface area contributed by atoms with E-state index in [4.69, 9.17) is 14.0 Å². The van der Waals surface area contributed by atoms with Crippen LogP contribution in [0.4, 0.5) is 5.69 Å². The molecule has 0 fully saturated rings. The Morgan fingerprint density at radius 1 is 1.19 bits per heavy atom. The van der Waals surface area contributed by atoms with Crippen molar-refractivity contribution in [3.05, 3.63) is 35.2 Å². The predicted molar refractivity (Wildman–Crippen MR) is 71.8 cm³/mol. The SMILES string of the molecule is CC(=O)c1cc2c(cc1NC(=O)c1cc(C)no1)OCO2. The fourth-order valence-electron chi connectivity index (χ4n) is 1.99. The highest BCUT2D eigenvalue weighted by Gasteiger charge is 2.21. The average Bonchev–Trinajstić information content (AvgIpc) is 3.05. The Kier molecular flexibility index (Phi) is 3.09. The third-order valence-corrected chi connectivity index (χ3v) is 2.99. The fourth-order valence-corrected chi connectivity index (χ4v) is 1.99. The quantitative estimate of drug-likeness (QED) is 0.870. The van der Waals surface area contributed by atoms with Crippen LogP contribution in [0.2, 0.25) is 0 Å². The lowest BCUT2D eigenvalue weighted by molar-refractivity contribution is 0.0988. The normalized spacial score (nSPS) is 12.3. The molecule has 0 atom stereocenters. The van der Waals surface area contributed by atoms with Crippen molar-refractivity contribution in [2.75, 3.05) is 12.1 Å². The van der Waals surface area contributed by atoms with Crippen LogP contribution in [0.5, 0.6) is 11.5 Å². The number of nitrogens with zero attached hydrogens (tertiary/aromatic N) is 1. The van der Waals surface area contributed by atoms with Crippen molar-refractivity contribution in [2.24, 2.45) is 0 Å². The van der Waals surface area contributed by atoms with Crippen molar-refractivity contribution in [3.8, 4) is 11.5 Å². The standard InChI is InChI=1S/C14H12N2O5/c1-7-3-13(21-16-7)14(18)15-10-5-12-11(19-6-20-12)4-9(10)8(2)17/h3-5H,6H2,1-2H3,(H,15,18). The molecule has 1 amide bonds. The average molecular weight is 288 g/mol. The molecule has 0 bridgehead atoms. The number of nitrogens with one attached hydrogen (secondary N) is 1. The maximum absolute atomic E-state index is 12.1. The monoisotopic (exact) mass is 288 g/mol. The van der Waals surface area contributed by atoms with Gasteiger partial charge in [-0.05, 0) is 19.9 Å². The molecule has 1 aromatic heterocycles. The number of hydrogen-bond donors (Lipinski definition) is 1. The maximum Gasteiger partial charge on any atom is 0.294 e. The van der Waals surface area contributed by atoms with Gasteiger partial charge in [-0.3, -0.25) is 9.59 Å². The predicted octanol–water partition coefficient (Wildman–Crippen LogP) is 2.17. The van der Waals surface area contributed by atoms with E-state index in [0.29, 0.717) is 28.4 Å². The van der Waals surface area contributed by atoms with Crippen molar-refractivity contribution >= 4 is 17.4 Å². The van der Waals surface area contributed by atoms with Gasteiger partial charge >= 0.3 is 0 Å². The summed E-state index contributed by atoms with van der Waals surface area (Å²) in [6, 6.07) is 4.61. The number of carbonyl (C=O) groups is 2. The van der Waals surface area contributed by atoms with E-state index in [1.54, 1.807) is 19.1 Å². The van der Waals surface area contributed by atoms with Crippen LogP contribution in [0, 0.1) is 6.92 Å². The van der Waals surface area contributed by atoms with E-state index < -0.39 is 5.91 Å². The number of benzene rings is 1. The molecule has 21 heavy (non-hydrogen) atoms. The molecule has 0 saturated heterocycles. The molecular weight excluding hydrogens is 276 g/mol. The zero-order valence-electron chi connectivity index (χ0n) is 11.4. The third kappa shape index (κ3) is 2.45. The minimum absolute atomic E-state index is 0.0691. The van der Waals surface area contributed by atoms with Crippen LogP contribution in [0.15, 0.2) is 22.7 Å². The second kappa shape index (κ2) is 4.93. The number of carbonyl (C=O) groups excluding carboxylic acids is 2. The summed E-state index contributed by atoms with van der Waals surface area (Å²) in [5, 5.41) is 6.27. The second-order valence-corrected chi connectivity index (χ2v) is 4.59. The number of ether oxygens (including phenoxy) is 2. The molecule has 0 radical (unpaired) electrons. The molecule has 7 heteroatoms. The van der Waals surface area contributed by atoms with Gasteiger partial charge in [0.25, 0.3) is 5.91 Å². The van der Waals surface area contributed by atoms with Gasteiger partial charge in [0.05, 0.1) is 11.4 Å². The Morgan fingerprint density at radius 2 is 1.90 bits per heavy atom. The van der Waals surface area contributed by atoms with Crippen LogP contribution in [-0.4, -0.2) is 23.6 Å². The van der Waals surface area contributed by atoms with Gasteiger partial charge in [0.2, 0.25) is 12.6 Å². The summed E-state index contributed by atoms with van der Waals surface area (Å²) in [7, 11) is 0. The third-order valence-electron chi connectivity index (χ3n) is 2.99. The van der Waals surface area contributed by atoms with Crippen molar-refractivity contribution in [3.63, 3.8) is 0 Å². The molecule has 1 aromatic carbocycles. The number of amides is 1. The molecule has 0 aliphatic carbocycles. The summed E-state index contributed by atoms with van der Waals surface area (Å²) in [5.41, 5.74) is 1.27. The van der Waals surface area contributed by atoms with Crippen LogP contribution < -0.4 is 14.8 Å². The zero-order valence-corrected chi connectivity index (χ0v) is 11.4. The first-order chi connectivity index (χ1) is 10.0. The second-order valence-electron chi connectivity index (χ2n) is 4.59. The van der Waals surface area contributed by atoms with Gasteiger partial charge < -0.3 is 19.3 Å². The number of aryl methyl sites for hydroxylation is 1. The lowest BCUT2D eigenvalue weighted by Gasteiger charge is -2.09. The number of Topliss-reactive ketones (excluding diaryl/α,β-unsaturated/α-hetero) is 1. The van der Waals surface area contributed by atoms with Gasteiger partial charge in [0.15, 0.2) is 17.3 Å². The van der Waals surface area contributed by atoms with Gasteiger partial charge in [-0.25, -0.2) is 0 Å². The molecule has 2 aromatic rings. The van der Waals surface area contributed by atoms with E-state index in [1.807, 2.05) is 0 Å². The summed E-state index contributed by atoms with van der Waals surface area (Å²) in [5.74, 6) is 0.340. The van der Waals surface area contributed by atoms with E-state index in [2.05, 4.69) is 10.5 Å². The Bertz CT molecular complexity index is 735. The molecular formula is C14H12N2O5. The van der Waals surface area contributed by atoms with Crippen molar-refractivity contribution < 1.29 is 23.6 Å². The smallest absolute Gasteiger partial charge is 0.294 e. The molecule has 3 rings (SSSR count). The number of rotatable bonds is 3. The lowest BCUT2D eigenvalue weighted by Crippen LogP contribution is -2.13. The molecule has 1 N–H and O–H groups in total. The molecule has 0 unspecified atom stereocenters. The van der Waals surface area contributed by atoms with Gasteiger partial charge in [-0.2, -0.15) is 0 Å². The van der Waals surface area contributed by atoms with Crippen LogP contribution in [0.3, 0.4) is 0 Å². The zero-order chi connectivity index (χ0) is 15.0. The van der Waals surface area contributed by atoms with Gasteiger partial charge in [-0.1, -0.05) is 5.16 Å². The minimum atomic E-state index is -0.489. The summed E-state index contributed by atoms with van der Waals surface area (Å²) < 4.78 is 15.4. The topological polar surface area (TPSA) is 90.7 Å². The number of hydrogen-bond acceptors (Lipinski definition) is 6. The first-order valence-corrected chi connectivity index (χ1v) is 6.24. The molecule has 1 aliphatic heterocycles. The highest BCUT2D eigenvalue weighted by molar-refractivity contribution is 6.08. The first-order valence-electron chi connectivity index (χ1n) is 6.24.